The smallest absolute Gasteiger partial charge is 0.462 e. The lowest BCUT2D eigenvalue weighted by Crippen LogP contribution is -2.29. The molecule has 0 aromatic rings. The van der Waals surface area contributed by atoms with Crippen molar-refractivity contribution < 1.29 is 37.9 Å². The number of ether oxygens (including phenoxy) is 2. The van der Waals surface area contributed by atoms with E-state index in [4.69, 9.17) is 19.3 Å². The van der Waals surface area contributed by atoms with Crippen molar-refractivity contribution in [3.63, 3.8) is 0 Å². The van der Waals surface area contributed by atoms with Crippen molar-refractivity contribution in [2.24, 2.45) is 0 Å². The largest absolute Gasteiger partial charge is 0.469 e. The maximum Gasteiger partial charge on any atom is 0.469 e. The molecule has 0 radical (unpaired) electrons. The molecule has 0 amide bonds. The van der Waals surface area contributed by atoms with Crippen LogP contribution in [0.1, 0.15) is 174 Å². The molecule has 0 rings (SSSR count). The number of unbranched alkanes of at least 4 members (excludes halogenated alkanes) is 16. The fourth-order valence-corrected chi connectivity index (χ4v) is 5.66. The quantitative estimate of drug-likeness (QED) is 0.0282. The van der Waals surface area contributed by atoms with Crippen molar-refractivity contribution >= 4 is 19.8 Å². The molecule has 294 valence electrons. The highest BCUT2D eigenvalue weighted by molar-refractivity contribution is 7.46. The van der Waals surface area contributed by atoms with Gasteiger partial charge in [-0.25, -0.2) is 4.57 Å². The van der Waals surface area contributed by atoms with Gasteiger partial charge in [0.2, 0.25) is 0 Å². The molecule has 9 heteroatoms. The minimum atomic E-state index is -4.77. The molecule has 0 fully saturated rings. The van der Waals surface area contributed by atoms with Crippen LogP contribution in [0.3, 0.4) is 0 Å². The van der Waals surface area contributed by atoms with Crippen molar-refractivity contribution in [1.82, 2.24) is 0 Å². The molecular weight excluding hydrogens is 663 g/mol. The van der Waals surface area contributed by atoms with Crippen molar-refractivity contribution in [1.29, 1.82) is 0 Å². The molecular formula is C42H73O8P. The average Bonchev–Trinajstić information content (AvgIpc) is 3.10. The fraction of sp³-hybridized carbons (Fsp3) is 0.714. The van der Waals surface area contributed by atoms with Gasteiger partial charge in [0, 0.05) is 12.8 Å². The van der Waals surface area contributed by atoms with Gasteiger partial charge in [0.25, 0.3) is 0 Å². The van der Waals surface area contributed by atoms with Gasteiger partial charge in [0.1, 0.15) is 6.61 Å². The molecule has 0 saturated heterocycles. The second-order valence-corrected chi connectivity index (χ2v) is 14.5. The number of phosphoric ester groups is 1. The average molecular weight is 737 g/mol. The first-order valence-electron chi connectivity index (χ1n) is 20.1. The summed E-state index contributed by atoms with van der Waals surface area (Å²) in [5.74, 6) is -0.941. The van der Waals surface area contributed by atoms with Gasteiger partial charge in [-0.15, -0.1) is 0 Å². The highest BCUT2D eigenvalue weighted by Crippen LogP contribution is 2.36. The number of carbonyl (C=O) groups excluding carboxylic acids is 2. The Labute approximate surface area is 311 Å². The van der Waals surface area contributed by atoms with Crippen LogP contribution in [-0.2, 0) is 28.2 Å². The summed E-state index contributed by atoms with van der Waals surface area (Å²) in [4.78, 5) is 42.8. The van der Waals surface area contributed by atoms with E-state index in [9.17, 15) is 14.2 Å². The van der Waals surface area contributed by atoms with Crippen LogP contribution in [0.25, 0.3) is 0 Å². The molecule has 0 aromatic heterocycles. The van der Waals surface area contributed by atoms with E-state index in [1.807, 2.05) is 0 Å². The zero-order chi connectivity index (χ0) is 37.5. The van der Waals surface area contributed by atoms with Crippen LogP contribution in [-0.4, -0.2) is 41.0 Å². The predicted octanol–water partition coefficient (Wildman–Crippen LogP) is 12.1. The first-order valence-corrected chi connectivity index (χ1v) is 21.6. The van der Waals surface area contributed by atoms with Gasteiger partial charge in [-0.2, -0.15) is 0 Å². The number of rotatable bonds is 36. The number of hydrogen-bond acceptors (Lipinski definition) is 6. The molecule has 0 spiro atoms. The van der Waals surface area contributed by atoms with Gasteiger partial charge in [0.05, 0.1) is 6.61 Å². The van der Waals surface area contributed by atoms with Gasteiger partial charge >= 0.3 is 19.8 Å². The maximum atomic E-state index is 12.4. The molecule has 0 aliphatic heterocycles. The molecule has 1 atom stereocenters. The topological polar surface area (TPSA) is 119 Å². The zero-order valence-corrected chi connectivity index (χ0v) is 33.1. The van der Waals surface area contributed by atoms with E-state index in [1.165, 1.54) is 70.6 Å². The Balaban J connectivity index is 4.00. The predicted molar refractivity (Wildman–Crippen MR) is 211 cm³/mol. The Morgan fingerprint density at radius 3 is 1.47 bits per heavy atom. The lowest BCUT2D eigenvalue weighted by molar-refractivity contribution is -0.161. The molecule has 8 nitrogen and oxygen atoms in total. The summed E-state index contributed by atoms with van der Waals surface area (Å²) < 4.78 is 26.3. The van der Waals surface area contributed by atoms with Crippen molar-refractivity contribution in [3.8, 4) is 0 Å². The number of allylic oxidation sites excluding steroid dienone is 10. The number of esters is 2. The number of carbonyl (C=O) groups is 2. The summed E-state index contributed by atoms with van der Waals surface area (Å²) in [6.07, 6.45) is 46.6. The molecule has 0 saturated carbocycles. The first-order chi connectivity index (χ1) is 24.8. The van der Waals surface area contributed by atoms with Gasteiger partial charge in [-0.3, -0.25) is 14.1 Å². The molecule has 0 aliphatic rings. The number of hydrogen-bond donors (Lipinski definition) is 2. The van der Waals surface area contributed by atoms with Gasteiger partial charge in [-0.05, 0) is 77.0 Å². The third kappa shape index (κ3) is 40.4. The molecule has 0 heterocycles. The van der Waals surface area contributed by atoms with Crippen LogP contribution in [0.2, 0.25) is 0 Å². The first kappa shape index (κ1) is 48.8. The Hall–Kier alpha value is -2.25. The van der Waals surface area contributed by atoms with Gasteiger partial charge in [0.15, 0.2) is 6.10 Å². The van der Waals surface area contributed by atoms with E-state index in [0.717, 1.165) is 64.2 Å². The van der Waals surface area contributed by atoms with E-state index in [2.05, 4.69) is 79.1 Å². The van der Waals surface area contributed by atoms with Crippen molar-refractivity contribution in [2.45, 2.75) is 180 Å². The van der Waals surface area contributed by atoms with Crippen LogP contribution >= 0.6 is 7.82 Å². The second kappa shape index (κ2) is 37.5. The minimum absolute atomic E-state index is 0.157. The highest BCUT2D eigenvalue weighted by Gasteiger charge is 2.22. The summed E-state index contributed by atoms with van der Waals surface area (Å²) in [5.41, 5.74) is 0. The van der Waals surface area contributed by atoms with E-state index in [-0.39, 0.29) is 19.4 Å². The molecule has 0 bridgehead atoms. The third-order valence-electron chi connectivity index (χ3n) is 8.27. The fourth-order valence-electron chi connectivity index (χ4n) is 5.30. The lowest BCUT2D eigenvalue weighted by atomic mass is 10.1. The normalized spacial score (nSPS) is 13.1. The number of phosphoric acid groups is 1. The Morgan fingerprint density at radius 2 is 0.941 bits per heavy atom. The summed E-state index contributed by atoms with van der Waals surface area (Å²) in [5, 5.41) is 0. The molecule has 0 aliphatic carbocycles. The zero-order valence-electron chi connectivity index (χ0n) is 32.2. The van der Waals surface area contributed by atoms with Crippen LogP contribution in [0, 0.1) is 0 Å². The monoisotopic (exact) mass is 737 g/mol. The van der Waals surface area contributed by atoms with Crippen molar-refractivity contribution in [2.75, 3.05) is 13.2 Å². The van der Waals surface area contributed by atoms with E-state index in [1.54, 1.807) is 0 Å². The SMILES string of the molecule is CC/C=C\C/C=C\C/C=C\C/C=C\CCCCC(=O)OC(COC(=O)CCCCCCCCC/C=C\CCCCCCCCC)COP(=O)(O)O. The summed E-state index contributed by atoms with van der Waals surface area (Å²) in [6.45, 7) is 3.52. The summed E-state index contributed by atoms with van der Waals surface area (Å²) in [7, 11) is -4.77. The van der Waals surface area contributed by atoms with Gasteiger partial charge < -0.3 is 19.3 Å². The van der Waals surface area contributed by atoms with E-state index < -0.39 is 32.5 Å². The second-order valence-electron chi connectivity index (χ2n) is 13.2. The molecule has 0 aromatic carbocycles. The Morgan fingerprint density at radius 1 is 0.529 bits per heavy atom. The summed E-state index contributed by atoms with van der Waals surface area (Å²) in [6, 6.07) is 0. The Kier molecular flexibility index (Phi) is 35.9. The van der Waals surface area contributed by atoms with Crippen LogP contribution in [0.4, 0.5) is 0 Å². The lowest BCUT2D eigenvalue weighted by Gasteiger charge is -2.18. The molecule has 51 heavy (non-hydrogen) atoms. The molecule has 2 N–H and O–H groups in total. The Bertz CT molecular complexity index is 1010. The van der Waals surface area contributed by atoms with E-state index >= 15 is 0 Å². The molecule has 1 unspecified atom stereocenters. The highest BCUT2D eigenvalue weighted by atomic mass is 31.2. The van der Waals surface area contributed by atoms with Crippen molar-refractivity contribution in [3.05, 3.63) is 60.8 Å². The summed E-state index contributed by atoms with van der Waals surface area (Å²) >= 11 is 0. The van der Waals surface area contributed by atoms with Crippen LogP contribution in [0.5, 0.6) is 0 Å². The van der Waals surface area contributed by atoms with E-state index in [0.29, 0.717) is 12.8 Å². The maximum absolute atomic E-state index is 12.4. The van der Waals surface area contributed by atoms with Crippen LogP contribution < -0.4 is 0 Å². The van der Waals surface area contributed by atoms with Gasteiger partial charge in [-0.1, -0.05) is 145 Å². The standard InChI is InChI=1S/C42H73O8P/c1-3-5-7-9-11-13-15-17-19-20-21-23-24-26-28-30-32-34-36-41(43)48-38-40(39-49-51(45,46)47)50-42(44)37-35-33-31-29-27-25-22-18-16-14-12-10-8-6-4-2/h6,8,12,14,18-20,22,27,29,40H,3-5,7,9-11,13,15-17,21,23-26,28,30-39H2,1-2H3,(H2,45,46,47)/b8-6-,14-12-,20-19-,22-18-,29-27-. The van der Waals surface area contributed by atoms with Crippen LogP contribution in [0.15, 0.2) is 60.8 Å². The minimum Gasteiger partial charge on any atom is -0.462 e. The third-order valence-corrected chi connectivity index (χ3v) is 8.76.